The molecule has 0 spiro atoms. The van der Waals surface area contributed by atoms with Crippen molar-refractivity contribution < 1.29 is 9.21 Å². The van der Waals surface area contributed by atoms with Gasteiger partial charge in [0.25, 0.3) is 5.91 Å². The van der Waals surface area contributed by atoms with E-state index in [1.807, 2.05) is 19.9 Å². The summed E-state index contributed by atoms with van der Waals surface area (Å²) in [5.41, 5.74) is 0.869. The van der Waals surface area contributed by atoms with Gasteiger partial charge in [-0.05, 0) is 58.7 Å². The van der Waals surface area contributed by atoms with Gasteiger partial charge in [0.2, 0.25) is 0 Å². The highest BCUT2D eigenvalue weighted by atomic mass is 16.3. The number of hydrogen-bond donors (Lipinski definition) is 1. The number of piperidine rings is 1. The Morgan fingerprint density at radius 3 is 2.39 bits per heavy atom. The molecule has 1 saturated carbocycles. The number of carbonyl (C=O) groups is 1. The lowest BCUT2D eigenvalue weighted by molar-refractivity contribution is 0.0326. The molecule has 128 valence electrons. The molecule has 1 aromatic heterocycles. The molecule has 2 fully saturated rings. The van der Waals surface area contributed by atoms with E-state index in [0.29, 0.717) is 5.56 Å². The minimum absolute atomic E-state index is 0.0151. The third-order valence-electron chi connectivity index (χ3n) is 5.67. The van der Waals surface area contributed by atoms with Crippen LogP contribution < -0.4 is 5.32 Å². The Morgan fingerprint density at radius 2 is 1.78 bits per heavy atom. The first kappa shape index (κ1) is 16.6. The second-order valence-corrected chi connectivity index (χ2v) is 7.34. The van der Waals surface area contributed by atoms with Crippen molar-refractivity contribution in [2.45, 2.75) is 70.8 Å². The molecule has 23 heavy (non-hydrogen) atoms. The second-order valence-electron chi connectivity index (χ2n) is 7.34. The number of nitrogens with zero attached hydrogens (tertiary/aromatic N) is 1. The molecule has 0 aromatic carbocycles. The number of rotatable bonds is 4. The highest BCUT2D eigenvalue weighted by Crippen LogP contribution is 2.35. The minimum Gasteiger partial charge on any atom is -0.466 e. The van der Waals surface area contributed by atoms with E-state index in [1.165, 1.54) is 64.5 Å². The Morgan fingerprint density at radius 1 is 1.13 bits per heavy atom. The summed E-state index contributed by atoms with van der Waals surface area (Å²) in [5, 5.41) is 3.22. The quantitative estimate of drug-likeness (QED) is 0.918. The van der Waals surface area contributed by atoms with Gasteiger partial charge in [-0.2, -0.15) is 0 Å². The fourth-order valence-electron chi connectivity index (χ4n) is 4.38. The van der Waals surface area contributed by atoms with Gasteiger partial charge in [-0.15, -0.1) is 0 Å². The highest BCUT2D eigenvalue weighted by molar-refractivity contribution is 5.95. The highest BCUT2D eigenvalue weighted by Gasteiger charge is 2.38. The van der Waals surface area contributed by atoms with Crippen LogP contribution in [0.4, 0.5) is 0 Å². The Bertz CT molecular complexity index is 538. The minimum atomic E-state index is 0.0151. The monoisotopic (exact) mass is 318 g/mol. The average molecular weight is 318 g/mol. The summed E-state index contributed by atoms with van der Waals surface area (Å²) in [7, 11) is 0. The number of amides is 1. The normalized spacial score (nSPS) is 22.0. The number of aryl methyl sites for hydroxylation is 2. The smallest absolute Gasteiger partial charge is 0.254 e. The predicted molar refractivity (Wildman–Crippen MR) is 91.8 cm³/mol. The Hall–Kier alpha value is -1.29. The molecule has 1 aliphatic heterocycles. The summed E-state index contributed by atoms with van der Waals surface area (Å²) in [6.07, 6.45) is 10.3. The fourth-order valence-corrected chi connectivity index (χ4v) is 4.38. The summed E-state index contributed by atoms with van der Waals surface area (Å²) in [6, 6.07) is 1.85. The summed E-state index contributed by atoms with van der Waals surface area (Å²) >= 11 is 0. The molecule has 0 radical (unpaired) electrons. The van der Waals surface area contributed by atoms with Gasteiger partial charge < -0.3 is 9.73 Å². The van der Waals surface area contributed by atoms with Gasteiger partial charge in [-0.25, -0.2) is 0 Å². The van der Waals surface area contributed by atoms with Crippen LogP contribution in [0.25, 0.3) is 0 Å². The summed E-state index contributed by atoms with van der Waals surface area (Å²) in [6.45, 7) is 6.91. The van der Waals surface area contributed by atoms with Crippen LogP contribution in [0.15, 0.2) is 10.5 Å². The molecule has 2 heterocycles. The molecule has 1 amide bonds. The van der Waals surface area contributed by atoms with E-state index in [-0.39, 0.29) is 11.4 Å². The zero-order valence-electron chi connectivity index (χ0n) is 14.6. The van der Waals surface area contributed by atoms with Crippen molar-refractivity contribution >= 4 is 5.91 Å². The van der Waals surface area contributed by atoms with Gasteiger partial charge in [0.1, 0.15) is 11.5 Å². The molecule has 3 rings (SSSR count). The molecular formula is C19H30N2O2. The SMILES string of the molecule is Cc1cc(C(=O)NCC2(N3CCCCC3)CCCCC2)c(C)o1. The lowest BCUT2D eigenvalue weighted by Gasteiger charge is -2.48. The molecule has 1 aliphatic carbocycles. The van der Waals surface area contributed by atoms with Crippen LogP contribution in [0.3, 0.4) is 0 Å². The van der Waals surface area contributed by atoms with Gasteiger partial charge in [-0.1, -0.05) is 25.7 Å². The molecule has 4 heteroatoms. The lowest BCUT2D eigenvalue weighted by Crippen LogP contribution is -2.58. The Labute approximate surface area is 139 Å². The van der Waals surface area contributed by atoms with Gasteiger partial charge >= 0.3 is 0 Å². The largest absolute Gasteiger partial charge is 0.466 e. The number of nitrogens with one attached hydrogen (secondary N) is 1. The maximum absolute atomic E-state index is 12.6. The van der Waals surface area contributed by atoms with E-state index in [1.54, 1.807) is 0 Å². The van der Waals surface area contributed by atoms with E-state index in [0.717, 1.165) is 18.1 Å². The van der Waals surface area contributed by atoms with Crippen molar-refractivity contribution in [3.05, 3.63) is 23.2 Å². The Balaban J connectivity index is 1.68. The zero-order chi connectivity index (χ0) is 16.3. The summed E-state index contributed by atoms with van der Waals surface area (Å²) < 4.78 is 5.50. The third kappa shape index (κ3) is 3.63. The van der Waals surface area contributed by atoms with Crippen molar-refractivity contribution in [1.82, 2.24) is 10.2 Å². The molecule has 0 unspecified atom stereocenters. The van der Waals surface area contributed by atoms with Crippen molar-refractivity contribution in [2.24, 2.45) is 0 Å². The van der Waals surface area contributed by atoms with Crippen LogP contribution in [0.2, 0.25) is 0 Å². The van der Waals surface area contributed by atoms with E-state index in [2.05, 4.69) is 10.2 Å². The van der Waals surface area contributed by atoms with Crippen LogP contribution in [0, 0.1) is 13.8 Å². The van der Waals surface area contributed by atoms with Crippen LogP contribution in [-0.2, 0) is 0 Å². The fraction of sp³-hybridized carbons (Fsp3) is 0.737. The van der Waals surface area contributed by atoms with Crippen LogP contribution >= 0.6 is 0 Å². The van der Waals surface area contributed by atoms with Gasteiger partial charge in [-0.3, -0.25) is 9.69 Å². The topological polar surface area (TPSA) is 45.5 Å². The van der Waals surface area contributed by atoms with Gasteiger partial charge in [0.15, 0.2) is 0 Å². The van der Waals surface area contributed by atoms with Crippen molar-refractivity contribution in [1.29, 1.82) is 0 Å². The molecular weight excluding hydrogens is 288 g/mol. The molecule has 2 aliphatic rings. The Kier molecular flexibility index (Phi) is 5.10. The van der Waals surface area contributed by atoms with Crippen LogP contribution in [-0.4, -0.2) is 36.0 Å². The molecule has 0 bridgehead atoms. The first-order chi connectivity index (χ1) is 11.1. The number of furan rings is 1. The summed E-state index contributed by atoms with van der Waals surface area (Å²) in [4.78, 5) is 15.2. The molecule has 1 saturated heterocycles. The summed E-state index contributed by atoms with van der Waals surface area (Å²) in [5.74, 6) is 1.54. The van der Waals surface area contributed by atoms with E-state index < -0.39 is 0 Å². The van der Waals surface area contributed by atoms with Crippen molar-refractivity contribution in [2.75, 3.05) is 19.6 Å². The molecule has 0 atom stereocenters. The second kappa shape index (κ2) is 7.08. The number of hydrogen-bond acceptors (Lipinski definition) is 3. The van der Waals surface area contributed by atoms with E-state index in [4.69, 9.17) is 4.42 Å². The zero-order valence-corrected chi connectivity index (χ0v) is 14.6. The molecule has 1 N–H and O–H groups in total. The van der Waals surface area contributed by atoms with Gasteiger partial charge in [0, 0.05) is 12.1 Å². The number of carbonyl (C=O) groups excluding carboxylic acids is 1. The maximum atomic E-state index is 12.6. The first-order valence-corrected chi connectivity index (χ1v) is 9.21. The predicted octanol–water partition coefficient (Wildman–Crippen LogP) is 3.82. The van der Waals surface area contributed by atoms with E-state index in [9.17, 15) is 4.79 Å². The maximum Gasteiger partial charge on any atom is 0.254 e. The van der Waals surface area contributed by atoms with Crippen molar-refractivity contribution in [3.8, 4) is 0 Å². The standard InChI is InChI=1S/C19H30N2O2/c1-15-13-17(16(2)23-15)18(22)20-14-19(9-5-3-6-10-19)21-11-7-4-8-12-21/h13H,3-12,14H2,1-2H3,(H,20,22). The number of likely N-dealkylation sites (tertiary alicyclic amines) is 1. The molecule has 4 nitrogen and oxygen atoms in total. The van der Waals surface area contributed by atoms with Crippen LogP contribution in [0.5, 0.6) is 0 Å². The first-order valence-electron chi connectivity index (χ1n) is 9.21. The van der Waals surface area contributed by atoms with E-state index >= 15 is 0 Å². The average Bonchev–Trinajstić information content (AvgIpc) is 2.93. The lowest BCUT2D eigenvalue weighted by atomic mass is 9.79. The van der Waals surface area contributed by atoms with Crippen molar-refractivity contribution in [3.63, 3.8) is 0 Å². The molecule has 1 aromatic rings. The van der Waals surface area contributed by atoms with Crippen LogP contribution in [0.1, 0.15) is 73.2 Å². The third-order valence-corrected chi connectivity index (χ3v) is 5.67. The van der Waals surface area contributed by atoms with Gasteiger partial charge in [0.05, 0.1) is 5.56 Å².